The van der Waals surface area contributed by atoms with Gasteiger partial charge in [-0.25, -0.2) is 14.6 Å². The Morgan fingerprint density at radius 1 is 1.17 bits per heavy atom. The average molecular weight is 390 g/mol. The molecule has 3 N–H and O–H groups in total. The van der Waals surface area contributed by atoms with Crippen LogP contribution in [0, 0.1) is 5.41 Å². The van der Waals surface area contributed by atoms with E-state index in [1.807, 2.05) is 41.4 Å². The molecule has 4 heterocycles. The van der Waals surface area contributed by atoms with Crippen molar-refractivity contribution in [2.24, 2.45) is 5.41 Å². The van der Waals surface area contributed by atoms with E-state index in [9.17, 15) is 0 Å². The van der Waals surface area contributed by atoms with Crippen molar-refractivity contribution in [2.45, 2.75) is 51.0 Å². The van der Waals surface area contributed by atoms with E-state index in [4.69, 9.17) is 10.6 Å². The maximum atomic E-state index is 6.28. The molecule has 6 rings (SSSR count). The predicted molar refractivity (Wildman–Crippen MR) is 109 cm³/mol. The number of nitrogens with two attached hydrogens (primary N) is 1. The fourth-order valence-electron chi connectivity index (χ4n) is 4.85. The molecular formula is C21H24N7O+. The monoisotopic (exact) mass is 390 g/mol. The van der Waals surface area contributed by atoms with Crippen molar-refractivity contribution < 1.29 is 9.40 Å². The van der Waals surface area contributed by atoms with E-state index >= 15 is 0 Å². The van der Waals surface area contributed by atoms with Crippen molar-refractivity contribution in [1.29, 1.82) is 0 Å². The summed E-state index contributed by atoms with van der Waals surface area (Å²) in [5.74, 6) is 1.70. The summed E-state index contributed by atoms with van der Waals surface area (Å²) >= 11 is 0. The molecule has 148 valence electrons. The molecule has 2 fully saturated rings. The molecule has 1 aliphatic heterocycles. The number of nitrogens with one attached hydrogen (secondary N) is 1. The first-order valence-electron chi connectivity index (χ1n) is 10.4. The van der Waals surface area contributed by atoms with Gasteiger partial charge in [0.05, 0.1) is 17.7 Å². The highest BCUT2D eigenvalue weighted by atomic mass is 16.7. The molecule has 0 radical (unpaired) electrons. The second kappa shape index (κ2) is 6.25. The molecule has 1 spiro atoms. The van der Waals surface area contributed by atoms with Gasteiger partial charge in [0.25, 0.3) is 5.95 Å². The molecule has 3 aromatic rings. The Labute approximate surface area is 168 Å². The molecular weight excluding hydrogens is 366 g/mol. The molecule has 0 bridgehead atoms. The Morgan fingerprint density at radius 2 is 2.03 bits per heavy atom. The topological polar surface area (TPSA) is 94.2 Å². The summed E-state index contributed by atoms with van der Waals surface area (Å²) in [5, 5.41) is 4.52. The minimum atomic E-state index is 0.208. The van der Waals surface area contributed by atoms with E-state index < -0.39 is 0 Å². The van der Waals surface area contributed by atoms with Crippen LogP contribution in [0.25, 0.3) is 29.1 Å². The smallest absolute Gasteiger partial charge is 0.331 e. The molecule has 0 aromatic carbocycles. The molecule has 0 atom stereocenters. The van der Waals surface area contributed by atoms with Crippen molar-refractivity contribution in [1.82, 2.24) is 19.6 Å². The zero-order chi connectivity index (χ0) is 19.4. The first-order valence-corrected chi connectivity index (χ1v) is 10.4. The Kier molecular flexibility index (Phi) is 3.64. The standard InChI is InChI=1S/C21H24N7O/c22-19-18-15(16-5-11-27-12-6-17(27)23-16)4-13-28(18)25-20(24-19)26-29-14-2-9-21(10-3-14)7-1-8-21/h4-6,11-14H,1-3,7-10H2,(H3,22,24,25,26)/q+1. The molecule has 8 heteroatoms. The zero-order valence-electron chi connectivity index (χ0n) is 16.2. The average Bonchev–Trinajstić information content (AvgIpc) is 3.11. The van der Waals surface area contributed by atoms with Crippen molar-refractivity contribution in [2.75, 3.05) is 11.2 Å². The number of nitrogen functional groups attached to an aromatic ring is 1. The van der Waals surface area contributed by atoms with Crippen LogP contribution in [-0.4, -0.2) is 25.7 Å². The van der Waals surface area contributed by atoms with Gasteiger partial charge in [0, 0.05) is 12.3 Å². The highest BCUT2D eigenvalue weighted by Crippen LogP contribution is 2.51. The van der Waals surface area contributed by atoms with Gasteiger partial charge in [-0.2, -0.15) is 4.98 Å². The highest BCUT2D eigenvalue weighted by Gasteiger charge is 2.40. The van der Waals surface area contributed by atoms with Gasteiger partial charge in [0.1, 0.15) is 17.9 Å². The normalized spacial score (nSPS) is 19.7. The fourth-order valence-corrected chi connectivity index (χ4v) is 4.85. The maximum Gasteiger partial charge on any atom is 0.331 e. The molecule has 2 aliphatic carbocycles. The van der Waals surface area contributed by atoms with Crippen molar-refractivity contribution in [3.05, 3.63) is 30.4 Å². The molecule has 2 saturated carbocycles. The van der Waals surface area contributed by atoms with Crippen LogP contribution in [-0.2, 0) is 4.84 Å². The third-order valence-corrected chi connectivity index (χ3v) is 6.82. The molecule has 0 amide bonds. The second-order valence-corrected chi connectivity index (χ2v) is 8.51. The summed E-state index contributed by atoms with van der Waals surface area (Å²) in [4.78, 5) is 15.0. The number of aromatic nitrogens is 5. The lowest BCUT2D eigenvalue weighted by atomic mass is 9.60. The zero-order valence-corrected chi connectivity index (χ0v) is 16.2. The van der Waals surface area contributed by atoms with Gasteiger partial charge in [0.15, 0.2) is 11.5 Å². The van der Waals surface area contributed by atoms with E-state index in [0.717, 1.165) is 35.4 Å². The Balaban J connectivity index is 1.19. The molecule has 3 aliphatic rings. The number of anilines is 2. The first-order chi connectivity index (χ1) is 14.2. The van der Waals surface area contributed by atoms with Crippen LogP contribution >= 0.6 is 0 Å². The van der Waals surface area contributed by atoms with Crippen molar-refractivity contribution in [3.8, 4) is 11.3 Å². The first kappa shape index (κ1) is 16.9. The number of hydrogen-bond donors (Lipinski definition) is 2. The van der Waals surface area contributed by atoms with Crippen LogP contribution in [0.15, 0.2) is 24.5 Å². The Hall–Kier alpha value is -3.00. The second-order valence-electron chi connectivity index (χ2n) is 8.51. The van der Waals surface area contributed by atoms with Crippen LogP contribution in [0.4, 0.5) is 11.8 Å². The summed E-state index contributed by atoms with van der Waals surface area (Å²) in [6.45, 7) is 0. The lowest BCUT2D eigenvalue weighted by Gasteiger charge is -2.46. The van der Waals surface area contributed by atoms with Gasteiger partial charge in [0.2, 0.25) is 0 Å². The van der Waals surface area contributed by atoms with Gasteiger partial charge < -0.3 is 5.73 Å². The summed E-state index contributed by atoms with van der Waals surface area (Å²) in [7, 11) is 0. The van der Waals surface area contributed by atoms with E-state index in [-0.39, 0.29) is 6.10 Å². The predicted octanol–water partition coefficient (Wildman–Crippen LogP) is 3.06. The SMILES string of the molecule is Nc1nc(NOC2CCC3(CCC3)CC2)nn2ccc(-c3cc[n+]4c(n3)C=C4)c12. The van der Waals surface area contributed by atoms with Gasteiger partial charge in [-0.1, -0.05) is 6.42 Å². The van der Waals surface area contributed by atoms with Gasteiger partial charge in [-0.05, 0) is 55.0 Å². The van der Waals surface area contributed by atoms with Crippen LogP contribution in [0.1, 0.15) is 50.8 Å². The number of nitrogens with zero attached hydrogens (tertiary/aromatic N) is 5. The van der Waals surface area contributed by atoms with Crippen LogP contribution in [0.5, 0.6) is 0 Å². The van der Waals surface area contributed by atoms with E-state index in [1.54, 1.807) is 4.52 Å². The Morgan fingerprint density at radius 3 is 2.72 bits per heavy atom. The quantitative estimate of drug-likeness (QED) is 0.411. The molecule has 29 heavy (non-hydrogen) atoms. The lowest BCUT2D eigenvalue weighted by Crippen LogP contribution is -2.36. The molecule has 0 saturated heterocycles. The minimum Gasteiger partial charge on any atom is -0.382 e. The largest absolute Gasteiger partial charge is 0.382 e. The van der Waals surface area contributed by atoms with E-state index in [1.165, 1.54) is 32.1 Å². The third kappa shape index (κ3) is 2.78. The van der Waals surface area contributed by atoms with Crippen LogP contribution in [0.2, 0.25) is 0 Å². The van der Waals surface area contributed by atoms with Crippen molar-refractivity contribution >= 4 is 29.6 Å². The molecule has 0 unspecified atom stereocenters. The van der Waals surface area contributed by atoms with Gasteiger partial charge >= 0.3 is 5.82 Å². The lowest BCUT2D eigenvalue weighted by molar-refractivity contribution is -0.584. The fraction of sp³-hybridized carbons (Fsp3) is 0.429. The minimum absolute atomic E-state index is 0.208. The third-order valence-electron chi connectivity index (χ3n) is 6.82. The van der Waals surface area contributed by atoms with Crippen LogP contribution in [0.3, 0.4) is 0 Å². The van der Waals surface area contributed by atoms with Crippen molar-refractivity contribution in [3.63, 3.8) is 0 Å². The van der Waals surface area contributed by atoms with Crippen LogP contribution < -0.4 is 15.8 Å². The summed E-state index contributed by atoms with van der Waals surface area (Å²) in [5.41, 5.74) is 12.4. The van der Waals surface area contributed by atoms with Gasteiger partial charge in [-0.15, -0.1) is 5.10 Å². The number of rotatable bonds is 4. The molecule has 8 nitrogen and oxygen atoms in total. The molecule has 3 aromatic heterocycles. The number of fused-ring (bicyclic) bond motifs is 2. The number of hydrogen-bond acceptors (Lipinski definition) is 6. The van der Waals surface area contributed by atoms with E-state index in [0.29, 0.717) is 17.2 Å². The Bertz CT molecular complexity index is 1120. The summed E-state index contributed by atoms with van der Waals surface area (Å²) < 4.78 is 3.71. The van der Waals surface area contributed by atoms with E-state index in [2.05, 4.69) is 20.5 Å². The van der Waals surface area contributed by atoms with Gasteiger partial charge in [-0.3, -0.25) is 4.84 Å². The highest BCUT2D eigenvalue weighted by molar-refractivity contribution is 5.86. The summed E-state index contributed by atoms with van der Waals surface area (Å²) in [6.07, 6.45) is 16.9. The maximum absolute atomic E-state index is 6.28. The summed E-state index contributed by atoms with van der Waals surface area (Å²) in [6, 6.07) is 3.93.